The van der Waals surface area contributed by atoms with Crippen LogP contribution in [0, 0.1) is 5.92 Å². The van der Waals surface area contributed by atoms with Crippen molar-refractivity contribution in [3.8, 4) is 11.1 Å². The van der Waals surface area contributed by atoms with Crippen molar-refractivity contribution in [1.82, 2.24) is 19.5 Å². The topological polar surface area (TPSA) is 69.9 Å². The Balaban J connectivity index is 1.63. The third kappa shape index (κ3) is 6.71. The lowest BCUT2D eigenvalue weighted by Crippen LogP contribution is -2.14. The van der Waals surface area contributed by atoms with Gasteiger partial charge < -0.3 is 9.30 Å². The molecule has 3 aromatic rings. The lowest BCUT2D eigenvalue weighted by Gasteiger charge is -2.14. The van der Waals surface area contributed by atoms with Crippen LogP contribution in [0.15, 0.2) is 35.9 Å². The lowest BCUT2D eigenvalue weighted by molar-refractivity contribution is -0.144. The Morgan fingerprint density at radius 3 is 2.65 bits per heavy atom. The van der Waals surface area contributed by atoms with E-state index >= 15 is 0 Å². The molecule has 0 N–H and O–H groups in total. The van der Waals surface area contributed by atoms with Crippen molar-refractivity contribution in [2.45, 2.75) is 57.3 Å². The van der Waals surface area contributed by atoms with Crippen molar-refractivity contribution in [3.63, 3.8) is 0 Å². The zero-order valence-corrected chi connectivity index (χ0v) is 20.4. The number of carbonyl (C=O) groups excluding carboxylic acids is 1. The third-order valence-electron chi connectivity index (χ3n) is 5.63. The smallest absolute Gasteiger partial charge is 0.433 e. The third-order valence-corrected chi connectivity index (χ3v) is 6.49. The molecular weight excluding hydrogens is 465 g/mol. The summed E-state index contributed by atoms with van der Waals surface area (Å²) < 4.78 is 45.8. The summed E-state index contributed by atoms with van der Waals surface area (Å²) in [7, 11) is 1.82. The van der Waals surface area contributed by atoms with Crippen molar-refractivity contribution < 1.29 is 22.7 Å². The van der Waals surface area contributed by atoms with Crippen molar-refractivity contribution in [2.24, 2.45) is 13.0 Å². The first-order chi connectivity index (χ1) is 16.2. The minimum atomic E-state index is -4.49. The maximum absolute atomic E-state index is 12.8. The highest BCUT2D eigenvalue weighted by Gasteiger charge is 2.32. The molecule has 34 heavy (non-hydrogen) atoms. The maximum atomic E-state index is 12.8. The molecule has 6 nitrogen and oxygen atoms in total. The first kappa shape index (κ1) is 26.0. The number of nitrogens with zero attached hydrogens (tertiary/aromatic N) is 4. The summed E-state index contributed by atoms with van der Waals surface area (Å²) in [5.74, 6) is 0.637. The molecule has 0 aliphatic rings. The van der Waals surface area contributed by atoms with Crippen LogP contribution in [0.25, 0.3) is 22.2 Å². The fourth-order valence-corrected chi connectivity index (χ4v) is 4.28. The molecule has 0 aliphatic carbocycles. The number of hydrogen-bond donors (Lipinski definition) is 0. The van der Waals surface area contributed by atoms with Crippen LogP contribution < -0.4 is 0 Å². The molecular formula is C24H29F3N4O2S. The van der Waals surface area contributed by atoms with Gasteiger partial charge in [-0.05, 0) is 18.4 Å². The second kappa shape index (κ2) is 11.7. The number of ether oxygens (including phenoxy) is 1. The van der Waals surface area contributed by atoms with Gasteiger partial charge in [0.15, 0.2) is 5.16 Å². The van der Waals surface area contributed by atoms with E-state index in [1.54, 1.807) is 12.4 Å². The molecule has 0 spiro atoms. The number of hydrogen-bond acceptors (Lipinski definition) is 6. The molecule has 3 rings (SSSR count). The summed E-state index contributed by atoms with van der Waals surface area (Å²) in [6.45, 7) is 4.71. The largest absolute Gasteiger partial charge is 0.465 e. The molecule has 3 aromatic heterocycles. The number of pyridine rings is 1. The SMILES string of the molecule is CCCCC(CC)COC(=O)CCSc1ncc2c(n1)c(-c1ccc(C(F)(F)F)nc1)cn2C. The Labute approximate surface area is 201 Å². The van der Waals surface area contributed by atoms with Gasteiger partial charge in [0.1, 0.15) is 11.2 Å². The standard InChI is InChI=1S/C24H29F3N4O2S/c1-4-6-7-16(5-2)15-33-21(32)10-11-34-23-29-13-19-22(30-23)18(14-31(19)3)17-8-9-20(28-12-17)24(25,26)27/h8-9,12-14,16H,4-7,10-11,15H2,1-3H3. The minimum Gasteiger partial charge on any atom is -0.465 e. The molecule has 1 unspecified atom stereocenters. The Kier molecular flexibility index (Phi) is 8.93. The van der Waals surface area contributed by atoms with Crippen molar-refractivity contribution >= 4 is 28.8 Å². The number of rotatable bonds is 11. The predicted molar refractivity (Wildman–Crippen MR) is 126 cm³/mol. The normalized spacial score (nSPS) is 12.8. The molecule has 10 heteroatoms. The van der Waals surface area contributed by atoms with Crippen molar-refractivity contribution in [1.29, 1.82) is 0 Å². The first-order valence-electron chi connectivity index (χ1n) is 11.4. The summed E-state index contributed by atoms with van der Waals surface area (Å²) in [5.41, 5.74) is 1.62. The lowest BCUT2D eigenvalue weighted by atomic mass is 10.0. The summed E-state index contributed by atoms with van der Waals surface area (Å²) in [5, 5.41) is 0.488. The molecule has 1 atom stereocenters. The highest BCUT2D eigenvalue weighted by atomic mass is 32.2. The average molecular weight is 495 g/mol. The number of aryl methyl sites for hydroxylation is 1. The molecule has 0 radical (unpaired) electrons. The number of aromatic nitrogens is 4. The van der Waals surface area contributed by atoms with Gasteiger partial charge in [-0.3, -0.25) is 9.78 Å². The molecule has 0 aromatic carbocycles. The molecule has 0 bridgehead atoms. The van der Waals surface area contributed by atoms with E-state index in [-0.39, 0.29) is 12.4 Å². The van der Waals surface area contributed by atoms with Gasteiger partial charge in [-0.25, -0.2) is 9.97 Å². The van der Waals surface area contributed by atoms with Crippen LogP contribution in [-0.4, -0.2) is 37.8 Å². The van der Waals surface area contributed by atoms with Crippen molar-refractivity contribution in [3.05, 3.63) is 36.4 Å². The average Bonchev–Trinajstić information content (AvgIpc) is 3.14. The molecule has 0 saturated carbocycles. The van der Waals surface area contributed by atoms with Gasteiger partial charge in [-0.1, -0.05) is 50.9 Å². The second-order valence-electron chi connectivity index (χ2n) is 8.17. The number of esters is 1. The van der Waals surface area contributed by atoms with Gasteiger partial charge in [-0.15, -0.1) is 0 Å². The van der Waals surface area contributed by atoms with E-state index < -0.39 is 11.9 Å². The molecule has 3 heterocycles. The summed E-state index contributed by atoms with van der Waals surface area (Å²) in [4.78, 5) is 24.6. The van der Waals surface area contributed by atoms with Gasteiger partial charge in [-0.2, -0.15) is 13.2 Å². The summed E-state index contributed by atoms with van der Waals surface area (Å²) in [6.07, 6.45) is 4.74. The van der Waals surface area contributed by atoms with Crippen LogP contribution in [-0.2, 0) is 22.8 Å². The van der Waals surface area contributed by atoms with Crippen LogP contribution in [0.2, 0.25) is 0 Å². The number of fused-ring (bicyclic) bond motifs is 1. The predicted octanol–water partition coefficient (Wildman–Crippen LogP) is 6.29. The molecule has 0 fully saturated rings. The van der Waals surface area contributed by atoms with E-state index in [0.717, 1.165) is 37.3 Å². The molecule has 0 aliphatic heterocycles. The second-order valence-corrected chi connectivity index (χ2v) is 9.23. The van der Waals surface area contributed by atoms with Gasteiger partial charge in [0, 0.05) is 36.3 Å². The van der Waals surface area contributed by atoms with E-state index in [2.05, 4.69) is 28.8 Å². The number of alkyl halides is 3. The van der Waals surface area contributed by atoms with E-state index in [9.17, 15) is 18.0 Å². The van der Waals surface area contributed by atoms with Crippen LogP contribution >= 0.6 is 11.8 Å². The minimum absolute atomic E-state index is 0.236. The number of carbonyl (C=O) groups is 1. The van der Waals surface area contributed by atoms with E-state index in [1.165, 1.54) is 24.0 Å². The first-order valence-corrected chi connectivity index (χ1v) is 12.4. The highest BCUT2D eigenvalue weighted by molar-refractivity contribution is 7.99. The van der Waals surface area contributed by atoms with Gasteiger partial charge in [0.05, 0.1) is 24.7 Å². The molecule has 0 amide bonds. The zero-order valence-electron chi connectivity index (χ0n) is 19.6. The van der Waals surface area contributed by atoms with Gasteiger partial charge in [0.2, 0.25) is 0 Å². The Morgan fingerprint density at radius 1 is 1.21 bits per heavy atom. The van der Waals surface area contributed by atoms with E-state index in [0.29, 0.717) is 40.1 Å². The fourth-order valence-electron chi connectivity index (χ4n) is 3.55. The van der Waals surface area contributed by atoms with Gasteiger partial charge >= 0.3 is 12.1 Å². The zero-order chi connectivity index (χ0) is 24.7. The summed E-state index contributed by atoms with van der Waals surface area (Å²) in [6, 6.07) is 2.35. The quantitative estimate of drug-likeness (QED) is 0.177. The Bertz CT molecular complexity index is 1100. The number of unbranched alkanes of at least 4 members (excludes halogenated alkanes) is 1. The number of halogens is 3. The molecule has 0 saturated heterocycles. The monoisotopic (exact) mass is 494 g/mol. The number of thioether (sulfide) groups is 1. The van der Waals surface area contributed by atoms with Crippen molar-refractivity contribution in [2.75, 3.05) is 12.4 Å². The van der Waals surface area contributed by atoms with Crippen LogP contribution in [0.4, 0.5) is 13.2 Å². The van der Waals surface area contributed by atoms with E-state index in [1.807, 2.05) is 11.6 Å². The molecule has 184 valence electrons. The van der Waals surface area contributed by atoms with Gasteiger partial charge in [0.25, 0.3) is 0 Å². The van der Waals surface area contributed by atoms with E-state index in [4.69, 9.17) is 4.74 Å². The Hall–Kier alpha value is -2.62. The van der Waals surface area contributed by atoms with Crippen LogP contribution in [0.5, 0.6) is 0 Å². The fraction of sp³-hybridized carbons (Fsp3) is 0.500. The van der Waals surface area contributed by atoms with Crippen LogP contribution in [0.1, 0.15) is 51.6 Å². The Morgan fingerprint density at radius 2 is 2.00 bits per heavy atom. The maximum Gasteiger partial charge on any atom is 0.433 e. The highest BCUT2D eigenvalue weighted by Crippen LogP contribution is 2.32. The summed E-state index contributed by atoms with van der Waals surface area (Å²) >= 11 is 1.34. The van der Waals surface area contributed by atoms with Crippen LogP contribution in [0.3, 0.4) is 0 Å².